The highest BCUT2D eigenvalue weighted by Gasteiger charge is 2.34. The summed E-state index contributed by atoms with van der Waals surface area (Å²) in [5.74, 6) is 0.145. The molecule has 1 aromatic carbocycles. The van der Waals surface area contributed by atoms with Crippen LogP contribution in [0.4, 0.5) is 0 Å². The molecule has 0 aliphatic heterocycles. The number of aliphatic hydroxyl groups excluding tert-OH is 1. The van der Waals surface area contributed by atoms with E-state index in [-0.39, 0.29) is 11.9 Å². The molecule has 0 bridgehead atoms. The fourth-order valence-electron chi connectivity index (χ4n) is 2.31. The number of nitrogens with two attached hydrogens (primary N) is 1. The molecule has 2 rings (SSSR count). The highest BCUT2D eigenvalue weighted by Crippen LogP contribution is 2.39. The van der Waals surface area contributed by atoms with Crippen LogP contribution in [0.1, 0.15) is 31.2 Å². The van der Waals surface area contributed by atoms with E-state index >= 15 is 0 Å². The van der Waals surface area contributed by atoms with E-state index in [1.165, 1.54) is 6.07 Å². The van der Waals surface area contributed by atoms with Gasteiger partial charge < -0.3 is 15.9 Å². The van der Waals surface area contributed by atoms with E-state index in [1.54, 1.807) is 12.1 Å². The van der Waals surface area contributed by atoms with Gasteiger partial charge in [-0.1, -0.05) is 17.7 Å². The van der Waals surface area contributed by atoms with Gasteiger partial charge in [-0.2, -0.15) is 0 Å². The summed E-state index contributed by atoms with van der Waals surface area (Å²) < 4.78 is 0. The van der Waals surface area contributed by atoms with Crippen molar-refractivity contribution in [1.29, 1.82) is 0 Å². The molecule has 0 amide bonds. The standard InChI is InChI=1S/C12H16ClNO2/c13-8-1-2-10(11(16)7-8)12(14)5-3-9(15)4-6-12/h1-2,7,9,15-16H,3-6,14H2. The van der Waals surface area contributed by atoms with E-state index in [0.717, 1.165) is 5.56 Å². The third-order valence-electron chi connectivity index (χ3n) is 3.34. The van der Waals surface area contributed by atoms with Crippen LogP contribution in [0.15, 0.2) is 18.2 Å². The third-order valence-corrected chi connectivity index (χ3v) is 3.58. The molecule has 1 aliphatic carbocycles. The lowest BCUT2D eigenvalue weighted by Gasteiger charge is -2.36. The zero-order chi connectivity index (χ0) is 11.8. The lowest BCUT2D eigenvalue weighted by Crippen LogP contribution is -2.41. The number of hydrogen-bond donors (Lipinski definition) is 3. The fourth-order valence-corrected chi connectivity index (χ4v) is 2.48. The summed E-state index contributed by atoms with van der Waals surface area (Å²) in [7, 11) is 0. The molecule has 1 saturated carbocycles. The van der Waals surface area contributed by atoms with Gasteiger partial charge in [0.05, 0.1) is 6.10 Å². The molecular formula is C12H16ClNO2. The predicted octanol–water partition coefficient (Wildman–Crippen LogP) is 2.13. The summed E-state index contributed by atoms with van der Waals surface area (Å²) in [5, 5.41) is 19.8. The first kappa shape index (κ1) is 11.7. The Morgan fingerprint density at radius 1 is 1.31 bits per heavy atom. The lowest BCUT2D eigenvalue weighted by atomic mass is 9.76. The van der Waals surface area contributed by atoms with E-state index < -0.39 is 5.54 Å². The van der Waals surface area contributed by atoms with Crippen LogP contribution in [-0.4, -0.2) is 16.3 Å². The van der Waals surface area contributed by atoms with E-state index in [4.69, 9.17) is 17.3 Å². The summed E-state index contributed by atoms with van der Waals surface area (Å²) in [4.78, 5) is 0. The van der Waals surface area contributed by atoms with Crippen LogP contribution in [0.5, 0.6) is 5.75 Å². The maximum absolute atomic E-state index is 9.85. The number of benzene rings is 1. The molecule has 0 spiro atoms. The van der Waals surface area contributed by atoms with Crippen molar-refractivity contribution < 1.29 is 10.2 Å². The molecule has 1 aromatic rings. The van der Waals surface area contributed by atoms with Gasteiger partial charge in [-0.15, -0.1) is 0 Å². The number of aliphatic hydroxyl groups is 1. The Balaban J connectivity index is 2.29. The Morgan fingerprint density at radius 2 is 1.94 bits per heavy atom. The van der Waals surface area contributed by atoms with Gasteiger partial charge in [-0.25, -0.2) is 0 Å². The molecule has 0 saturated heterocycles. The molecule has 88 valence electrons. The first-order valence-corrected chi connectivity index (χ1v) is 5.85. The minimum atomic E-state index is -0.534. The number of phenolic OH excluding ortho intramolecular Hbond substituents is 1. The smallest absolute Gasteiger partial charge is 0.122 e. The number of phenols is 1. The molecule has 16 heavy (non-hydrogen) atoms. The van der Waals surface area contributed by atoms with E-state index in [9.17, 15) is 10.2 Å². The predicted molar refractivity (Wildman–Crippen MR) is 63.5 cm³/mol. The molecular weight excluding hydrogens is 226 g/mol. The second kappa shape index (κ2) is 4.24. The van der Waals surface area contributed by atoms with E-state index in [0.29, 0.717) is 30.7 Å². The quantitative estimate of drug-likeness (QED) is 0.706. The molecule has 0 aromatic heterocycles. The van der Waals surface area contributed by atoms with Crippen molar-refractivity contribution in [3.05, 3.63) is 28.8 Å². The normalized spacial score (nSPS) is 30.3. The number of hydrogen-bond acceptors (Lipinski definition) is 3. The second-order valence-corrected chi connectivity index (χ2v) is 4.99. The first-order chi connectivity index (χ1) is 7.51. The van der Waals surface area contributed by atoms with Crippen molar-refractivity contribution in [2.45, 2.75) is 37.3 Å². The minimum Gasteiger partial charge on any atom is -0.508 e. The van der Waals surface area contributed by atoms with Crippen molar-refractivity contribution in [1.82, 2.24) is 0 Å². The van der Waals surface area contributed by atoms with Crippen molar-refractivity contribution in [2.24, 2.45) is 5.73 Å². The summed E-state index contributed by atoms with van der Waals surface area (Å²) >= 11 is 5.78. The summed E-state index contributed by atoms with van der Waals surface area (Å²) in [5.41, 5.74) is 6.47. The Bertz CT molecular complexity index is 387. The van der Waals surface area contributed by atoms with Crippen molar-refractivity contribution >= 4 is 11.6 Å². The van der Waals surface area contributed by atoms with Gasteiger partial charge in [-0.3, -0.25) is 0 Å². The van der Waals surface area contributed by atoms with Gasteiger partial charge >= 0.3 is 0 Å². The van der Waals surface area contributed by atoms with E-state index in [1.807, 2.05) is 0 Å². The van der Waals surface area contributed by atoms with Crippen molar-refractivity contribution in [3.8, 4) is 5.75 Å². The summed E-state index contributed by atoms with van der Waals surface area (Å²) in [6, 6.07) is 5.02. The monoisotopic (exact) mass is 241 g/mol. The molecule has 0 radical (unpaired) electrons. The van der Waals surface area contributed by atoms with Crippen LogP contribution >= 0.6 is 11.6 Å². The van der Waals surface area contributed by atoms with Gasteiger partial charge in [0.2, 0.25) is 0 Å². The highest BCUT2D eigenvalue weighted by atomic mass is 35.5. The SMILES string of the molecule is NC1(c2ccc(Cl)cc2O)CCC(O)CC1. The largest absolute Gasteiger partial charge is 0.508 e. The van der Waals surface area contributed by atoms with Gasteiger partial charge in [0.1, 0.15) is 5.75 Å². The van der Waals surface area contributed by atoms with Crippen molar-refractivity contribution in [3.63, 3.8) is 0 Å². The lowest BCUT2D eigenvalue weighted by molar-refractivity contribution is 0.0960. The number of rotatable bonds is 1. The average molecular weight is 242 g/mol. The second-order valence-electron chi connectivity index (χ2n) is 4.55. The first-order valence-electron chi connectivity index (χ1n) is 5.47. The van der Waals surface area contributed by atoms with Crippen LogP contribution in [0.2, 0.25) is 5.02 Å². The maximum atomic E-state index is 9.85. The summed E-state index contributed by atoms with van der Waals surface area (Å²) in [6.07, 6.45) is 2.47. The zero-order valence-corrected chi connectivity index (χ0v) is 9.74. The van der Waals surface area contributed by atoms with Crippen LogP contribution in [0, 0.1) is 0 Å². The topological polar surface area (TPSA) is 66.5 Å². The van der Waals surface area contributed by atoms with Crippen molar-refractivity contribution in [2.75, 3.05) is 0 Å². The molecule has 1 aliphatic rings. The molecule has 4 heteroatoms. The average Bonchev–Trinajstić information content (AvgIpc) is 2.22. The molecule has 0 unspecified atom stereocenters. The number of halogens is 1. The maximum Gasteiger partial charge on any atom is 0.122 e. The zero-order valence-electron chi connectivity index (χ0n) is 8.99. The van der Waals surface area contributed by atoms with Crippen LogP contribution in [0.25, 0.3) is 0 Å². The Labute approximate surface area is 99.8 Å². The fraction of sp³-hybridized carbons (Fsp3) is 0.500. The van der Waals surface area contributed by atoms with Crippen LogP contribution in [-0.2, 0) is 5.54 Å². The minimum absolute atomic E-state index is 0.145. The summed E-state index contributed by atoms with van der Waals surface area (Å²) in [6.45, 7) is 0. The Morgan fingerprint density at radius 3 is 2.50 bits per heavy atom. The van der Waals surface area contributed by atoms with E-state index in [2.05, 4.69) is 0 Å². The molecule has 0 atom stereocenters. The van der Waals surface area contributed by atoms with Gasteiger partial charge in [0.25, 0.3) is 0 Å². The molecule has 3 nitrogen and oxygen atoms in total. The van der Waals surface area contributed by atoms with Crippen LogP contribution in [0.3, 0.4) is 0 Å². The Kier molecular flexibility index (Phi) is 3.10. The highest BCUT2D eigenvalue weighted by molar-refractivity contribution is 6.30. The van der Waals surface area contributed by atoms with Gasteiger partial charge in [0, 0.05) is 16.1 Å². The van der Waals surface area contributed by atoms with Gasteiger partial charge in [-0.05, 0) is 37.8 Å². The number of aromatic hydroxyl groups is 1. The molecule has 0 heterocycles. The molecule has 1 fully saturated rings. The molecule has 4 N–H and O–H groups in total. The Hall–Kier alpha value is -0.770. The van der Waals surface area contributed by atoms with Crippen LogP contribution < -0.4 is 5.73 Å². The van der Waals surface area contributed by atoms with Gasteiger partial charge in [0.15, 0.2) is 0 Å². The third kappa shape index (κ3) is 2.17.